The number of carbonyl (C=O) groups is 1. The van der Waals surface area contributed by atoms with Gasteiger partial charge in [0, 0.05) is 18.7 Å². The average molecular weight is 389 g/mol. The number of aryl methyl sites for hydroxylation is 2. The van der Waals surface area contributed by atoms with Crippen LogP contribution in [-0.2, 0) is 10.0 Å². The first-order valence-electron chi connectivity index (χ1n) is 9.14. The summed E-state index contributed by atoms with van der Waals surface area (Å²) in [7, 11) is -2.13. The second-order valence-corrected chi connectivity index (χ2v) is 8.92. The molecule has 0 fully saturated rings. The predicted octanol–water partition coefficient (Wildman–Crippen LogP) is 4.05. The molecule has 0 aromatic heterocycles. The van der Waals surface area contributed by atoms with Crippen LogP contribution in [0.4, 0.5) is 5.69 Å². The third kappa shape index (κ3) is 4.89. The summed E-state index contributed by atoms with van der Waals surface area (Å²) in [5.41, 5.74) is 2.80. The summed E-state index contributed by atoms with van der Waals surface area (Å²) in [5.74, 6) is -0.144. The van der Waals surface area contributed by atoms with E-state index in [9.17, 15) is 13.2 Å². The monoisotopic (exact) mass is 388 g/mol. The van der Waals surface area contributed by atoms with Crippen molar-refractivity contribution in [2.45, 2.75) is 51.5 Å². The van der Waals surface area contributed by atoms with Gasteiger partial charge in [0.1, 0.15) is 0 Å². The zero-order chi connectivity index (χ0) is 20.2. The van der Waals surface area contributed by atoms with Crippen LogP contribution in [0.1, 0.15) is 48.2 Å². The Morgan fingerprint density at radius 3 is 2.30 bits per heavy atom. The highest BCUT2D eigenvalue weighted by molar-refractivity contribution is 7.92. The first-order chi connectivity index (χ1) is 12.7. The lowest BCUT2D eigenvalue weighted by molar-refractivity contribution is 0.0938. The number of carbonyl (C=O) groups excluding carboxylic acids is 1. The summed E-state index contributed by atoms with van der Waals surface area (Å²) in [6, 6.07) is 11.9. The summed E-state index contributed by atoms with van der Waals surface area (Å²) < 4.78 is 27.0. The molecule has 1 N–H and O–H groups in total. The smallest absolute Gasteiger partial charge is 0.264 e. The molecule has 6 heteroatoms. The SMILES string of the molecule is CCC[C@@H](C)NC(=O)c1ccc(N(C)S(=O)(=O)c2ccc(C)cc2)c(C)c1. The molecule has 1 atom stereocenters. The van der Waals surface area contributed by atoms with Gasteiger partial charge in [-0.2, -0.15) is 0 Å². The van der Waals surface area contributed by atoms with Crippen LogP contribution in [0.5, 0.6) is 0 Å². The lowest BCUT2D eigenvalue weighted by atomic mass is 10.1. The highest BCUT2D eigenvalue weighted by atomic mass is 32.2. The van der Waals surface area contributed by atoms with E-state index in [1.54, 1.807) is 42.5 Å². The zero-order valence-corrected chi connectivity index (χ0v) is 17.4. The van der Waals surface area contributed by atoms with Crippen molar-refractivity contribution >= 4 is 21.6 Å². The van der Waals surface area contributed by atoms with Gasteiger partial charge in [-0.15, -0.1) is 0 Å². The Labute approximate surface area is 162 Å². The maximum Gasteiger partial charge on any atom is 0.264 e. The molecule has 0 radical (unpaired) electrons. The van der Waals surface area contributed by atoms with Gasteiger partial charge < -0.3 is 5.32 Å². The van der Waals surface area contributed by atoms with Crippen molar-refractivity contribution in [1.82, 2.24) is 5.32 Å². The van der Waals surface area contributed by atoms with Crippen molar-refractivity contribution in [2.24, 2.45) is 0 Å². The molecule has 2 aromatic carbocycles. The fourth-order valence-electron chi connectivity index (χ4n) is 2.96. The van der Waals surface area contributed by atoms with Gasteiger partial charge in [-0.05, 0) is 63.1 Å². The summed E-state index contributed by atoms with van der Waals surface area (Å²) in [6.07, 6.45) is 1.92. The number of nitrogens with zero attached hydrogens (tertiary/aromatic N) is 1. The highest BCUT2D eigenvalue weighted by Crippen LogP contribution is 2.26. The van der Waals surface area contributed by atoms with Gasteiger partial charge in [-0.3, -0.25) is 9.10 Å². The van der Waals surface area contributed by atoms with Crippen LogP contribution < -0.4 is 9.62 Å². The number of amides is 1. The molecule has 2 aromatic rings. The number of sulfonamides is 1. The fraction of sp³-hybridized carbons (Fsp3) is 0.381. The van der Waals surface area contributed by atoms with Crippen molar-refractivity contribution in [3.8, 4) is 0 Å². The van der Waals surface area contributed by atoms with Crippen molar-refractivity contribution in [2.75, 3.05) is 11.4 Å². The fourth-order valence-corrected chi connectivity index (χ4v) is 4.22. The van der Waals surface area contributed by atoms with Crippen LogP contribution in [0.15, 0.2) is 47.4 Å². The van der Waals surface area contributed by atoms with E-state index in [1.807, 2.05) is 20.8 Å². The third-order valence-electron chi connectivity index (χ3n) is 4.58. The van der Waals surface area contributed by atoms with E-state index in [2.05, 4.69) is 12.2 Å². The molecule has 0 spiro atoms. The Kier molecular flexibility index (Phi) is 6.65. The molecular weight excluding hydrogens is 360 g/mol. The molecule has 0 heterocycles. The largest absolute Gasteiger partial charge is 0.350 e. The van der Waals surface area contributed by atoms with Crippen molar-refractivity contribution in [1.29, 1.82) is 0 Å². The van der Waals surface area contributed by atoms with Crippen molar-refractivity contribution < 1.29 is 13.2 Å². The molecule has 5 nitrogen and oxygen atoms in total. The zero-order valence-electron chi connectivity index (χ0n) is 16.6. The molecule has 0 aliphatic rings. The van der Waals surface area contributed by atoms with E-state index in [1.165, 1.54) is 11.4 Å². The maximum atomic E-state index is 12.9. The van der Waals surface area contributed by atoms with E-state index in [-0.39, 0.29) is 16.8 Å². The van der Waals surface area contributed by atoms with E-state index in [4.69, 9.17) is 0 Å². The Morgan fingerprint density at radius 2 is 1.74 bits per heavy atom. The molecule has 0 aliphatic heterocycles. The van der Waals surface area contributed by atoms with Gasteiger partial charge in [-0.25, -0.2) is 8.42 Å². The van der Waals surface area contributed by atoms with Gasteiger partial charge in [0.05, 0.1) is 10.6 Å². The Morgan fingerprint density at radius 1 is 1.11 bits per heavy atom. The summed E-state index contributed by atoms with van der Waals surface area (Å²) in [5, 5.41) is 2.96. The number of nitrogens with one attached hydrogen (secondary N) is 1. The highest BCUT2D eigenvalue weighted by Gasteiger charge is 2.23. The van der Waals surface area contributed by atoms with Gasteiger partial charge in [0.15, 0.2) is 0 Å². The molecule has 0 bridgehead atoms. The minimum Gasteiger partial charge on any atom is -0.350 e. The number of rotatable bonds is 7. The van der Waals surface area contributed by atoms with E-state index in [0.717, 1.165) is 24.0 Å². The summed E-state index contributed by atoms with van der Waals surface area (Å²) >= 11 is 0. The van der Waals surface area contributed by atoms with Gasteiger partial charge in [-0.1, -0.05) is 31.0 Å². The van der Waals surface area contributed by atoms with Crippen LogP contribution in [0.3, 0.4) is 0 Å². The normalized spacial score (nSPS) is 12.5. The van der Waals surface area contributed by atoms with Crippen molar-refractivity contribution in [3.63, 3.8) is 0 Å². The quantitative estimate of drug-likeness (QED) is 0.778. The number of anilines is 1. The minimum absolute atomic E-state index is 0.104. The average Bonchev–Trinajstić information content (AvgIpc) is 2.61. The van der Waals surface area contributed by atoms with Gasteiger partial charge in [0.2, 0.25) is 0 Å². The van der Waals surface area contributed by atoms with E-state index in [0.29, 0.717) is 11.3 Å². The Balaban J connectivity index is 2.26. The predicted molar refractivity (Wildman–Crippen MR) is 110 cm³/mol. The van der Waals surface area contributed by atoms with Crippen LogP contribution in [0.2, 0.25) is 0 Å². The molecule has 2 rings (SSSR count). The van der Waals surface area contributed by atoms with Gasteiger partial charge in [0.25, 0.3) is 15.9 Å². The number of hydrogen-bond donors (Lipinski definition) is 1. The van der Waals surface area contributed by atoms with E-state index < -0.39 is 10.0 Å². The Hall–Kier alpha value is -2.34. The number of hydrogen-bond acceptors (Lipinski definition) is 3. The first kappa shape index (κ1) is 21.0. The Bertz CT molecular complexity index is 906. The summed E-state index contributed by atoms with van der Waals surface area (Å²) in [6.45, 7) is 7.77. The molecule has 0 saturated heterocycles. The molecule has 0 saturated carbocycles. The van der Waals surface area contributed by atoms with E-state index >= 15 is 0 Å². The first-order valence-corrected chi connectivity index (χ1v) is 10.6. The minimum atomic E-state index is -3.66. The number of benzene rings is 2. The van der Waals surface area contributed by atoms with Crippen molar-refractivity contribution in [3.05, 3.63) is 59.2 Å². The topological polar surface area (TPSA) is 66.5 Å². The molecule has 0 aliphatic carbocycles. The molecule has 27 heavy (non-hydrogen) atoms. The second kappa shape index (κ2) is 8.57. The molecule has 146 valence electrons. The maximum absolute atomic E-state index is 12.9. The van der Waals surface area contributed by atoms with Crippen LogP contribution in [0.25, 0.3) is 0 Å². The third-order valence-corrected chi connectivity index (χ3v) is 6.36. The molecular formula is C21H28N2O3S. The van der Waals surface area contributed by atoms with Crippen LogP contribution in [0, 0.1) is 13.8 Å². The molecule has 1 amide bonds. The second-order valence-electron chi connectivity index (χ2n) is 6.95. The summed E-state index contributed by atoms with van der Waals surface area (Å²) in [4.78, 5) is 12.6. The van der Waals surface area contributed by atoms with Gasteiger partial charge >= 0.3 is 0 Å². The van der Waals surface area contributed by atoms with Crippen LogP contribution >= 0.6 is 0 Å². The lowest BCUT2D eigenvalue weighted by Gasteiger charge is -2.22. The lowest BCUT2D eigenvalue weighted by Crippen LogP contribution is -2.32. The standard InChI is InChI=1S/C21H28N2O3S/c1-6-7-17(4)22-21(24)18-10-13-20(16(3)14-18)23(5)27(25,26)19-11-8-15(2)9-12-19/h8-14,17H,6-7H2,1-5H3,(H,22,24)/t17-/m1/s1. The molecule has 0 unspecified atom stereocenters. The van der Waals surface area contributed by atoms with Crippen LogP contribution in [-0.4, -0.2) is 27.4 Å².